The number of hydrogen-bond acceptors (Lipinski definition) is 6. The highest BCUT2D eigenvalue weighted by molar-refractivity contribution is 7.08. The fraction of sp³-hybridized carbons (Fsp3) is 0. The number of hydrogen-bond donors (Lipinski definition) is 1. The van der Waals surface area contributed by atoms with Crippen LogP contribution in [0.5, 0.6) is 5.75 Å². The number of pyridine rings is 1. The van der Waals surface area contributed by atoms with Crippen molar-refractivity contribution in [1.29, 1.82) is 0 Å². The summed E-state index contributed by atoms with van der Waals surface area (Å²) in [5.41, 5.74) is 5.39. The molecule has 2 aromatic heterocycles. The van der Waals surface area contributed by atoms with Crippen LogP contribution in [-0.4, -0.2) is 15.3 Å². The van der Waals surface area contributed by atoms with Gasteiger partial charge in [-0.05, 0) is 23.7 Å². The maximum absolute atomic E-state index is 11.5. The molecule has 0 saturated carbocycles. The van der Waals surface area contributed by atoms with Gasteiger partial charge in [-0.2, -0.15) is 4.37 Å². The zero-order chi connectivity index (χ0) is 10.7. The van der Waals surface area contributed by atoms with Crippen LogP contribution in [0.4, 0.5) is 5.82 Å². The van der Waals surface area contributed by atoms with Gasteiger partial charge in [0.05, 0.1) is 6.20 Å². The molecule has 5 nitrogen and oxygen atoms in total. The minimum atomic E-state index is -0.475. The summed E-state index contributed by atoms with van der Waals surface area (Å²) in [5, 5.41) is 0. The summed E-state index contributed by atoms with van der Waals surface area (Å²) in [6, 6.07) is 4.81. The summed E-state index contributed by atoms with van der Waals surface area (Å²) in [7, 11) is 0. The van der Waals surface area contributed by atoms with E-state index in [1.165, 1.54) is 12.3 Å². The largest absolute Gasteiger partial charge is 0.421 e. The molecule has 0 aliphatic heterocycles. The molecule has 0 amide bonds. The Morgan fingerprint density at radius 3 is 3.00 bits per heavy atom. The zero-order valence-corrected chi connectivity index (χ0v) is 8.40. The quantitative estimate of drug-likeness (QED) is 0.774. The van der Waals surface area contributed by atoms with Gasteiger partial charge in [-0.1, -0.05) is 0 Å². The number of carbonyl (C=O) groups excluding carboxylic acids is 1. The van der Waals surface area contributed by atoms with Crippen molar-refractivity contribution in [1.82, 2.24) is 9.36 Å². The van der Waals surface area contributed by atoms with Crippen LogP contribution in [0.15, 0.2) is 30.6 Å². The number of nitrogens with two attached hydrogens (primary N) is 1. The van der Waals surface area contributed by atoms with E-state index in [1.54, 1.807) is 18.3 Å². The molecule has 0 spiro atoms. The van der Waals surface area contributed by atoms with Crippen LogP contribution in [0.3, 0.4) is 0 Å². The standard InChI is InChI=1S/C9H7N3O2S/c10-8-4-7(15-12-8)9(13)14-6-2-1-3-11-5-6/h1-5H,(H2,10,12). The first-order valence-electron chi connectivity index (χ1n) is 4.10. The topological polar surface area (TPSA) is 78.1 Å². The fourth-order valence-electron chi connectivity index (χ4n) is 0.950. The number of ether oxygens (including phenoxy) is 1. The number of aromatic nitrogens is 2. The Kier molecular flexibility index (Phi) is 2.59. The van der Waals surface area contributed by atoms with Crippen LogP contribution in [-0.2, 0) is 0 Å². The summed E-state index contributed by atoms with van der Waals surface area (Å²) < 4.78 is 8.81. The lowest BCUT2D eigenvalue weighted by Crippen LogP contribution is -2.06. The molecule has 0 atom stereocenters. The Hall–Kier alpha value is -1.95. The number of esters is 1. The summed E-state index contributed by atoms with van der Waals surface area (Å²) in [5.74, 6) is 0.241. The second-order valence-corrected chi connectivity index (χ2v) is 3.50. The van der Waals surface area contributed by atoms with Gasteiger partial charge in [0.15, 0.2) is 0 Å². The van der Waals surface area contributed by atoms with E-state index in [4.69, 9.17) is 10.5 Å². The molecule has 0 fully saturated rings. The van der Waals surface area contributed by atoms with E-state index < -0.39 is 5.97 Å². The van der Waals surface area contributed by atoms with Crippen LogP contribution in [0, 0.1) is 0 Å². The van der Waals surface area contributed by atoms with Crippen LogP contribution >= 0.6 is 11.5 Å². The first kappa shape index (κ1) is 9.60. The van der Waals surface area contributed by atoms with Gasteiger partial charge in [0.25, 0.3) is 0 Å². The highest BCUT2D eigenvalue weighted by Crippen LogP contribution is 2.15. The van der Waals surface area contributed by atoms with Crippen LogP contribution in [0.2, 0.25) is 0 Å². The SMILES string of the molecule is Nc1cc(C(=O)Oc2cccnc2)sn1. The van der Waals surface area contributed by atoms with Gasteiger partial charge in [-0.25, -0.2) is 4.79 Å². The van der Waals surface area contributed by atoms with Gasteiger partial charge in [0, 0.05) is 12.3 Å². The van der Waals surface area contributed by atoms with E-state index in [1.807, 2.05) is 0 Å². The third-order valence-corrected chi connectivity index (χ3v) is 2.36. The van der Waals surface area contributed by atoms with Crippen molar-refractivity contribution < 1.29 is 9.53 Å². The van der Waals surface area contributed by atoms with Crippen LogP contribution in [0.1, 0.15) is 9.67 Å². The Bertz CT molecular complexity index is 469. The summed E-state index contributed by atoms with van der Waals surface area (Å²) in [6.45, 7) is 0. The lowest BCUT2D eigenvalue weighted by atomic mass is 10.4. The molecular weight excluding hydrogens is 214 g/mol. The minimum Gasteiger partial charge on any atom is -0.421 e. The molecule has 2 N–H and O–H groups in total. The maximum atomic E-state index is 11.5. The third kappa shape index (κ3) is 2.29. The molecular formula is C9H7N3O2S. The first-order chi connectivity index (χ1) is 7.25. The van der Waals surface area contributed by atoms with Gasteiger partial charge in [-0.15, -0.1) is 0 Å². The Balaban J connectivity index is 2.11. The molecule has 0 saturated heterocycles. The number of rotatable bonds is 2. The van der Waals surface area contributed by atoms with Crippen molar-refractivity contribution in [2.75, 3.05) is 5.73 Å². The molecule has 2 heterocycles. The summed E-state index contributed by atoms with van der Waals surface area (Å²) >= 11 is 1.01. The second-order valence-electron chi connectivity index (χ2n) is 2.69. The van der Waals surface area contributed by atoms with Gasteiger partial charge in [-0.3, -0.25) is 4.98 Å². The number of nitrogens with zero attached hydrogens (tertiary/aromatic N) is 2. The minimum absolute atomic E-state index is 0.318. The van der Waals surface area contributed by atoms with Crippen molar-refractivity contribution in [2.24, 2.45) is 0 Å². The predicted molar refractivity (Wildman–Crippen MR) is 55.7 cm³/mol. The average Bonchev–Trinajstić information content (AvgIpc) is 2.66. The molecule has 0 aliphatic rings. The molecule has 6 heteroatoms. The molecule has 2 aromatic rings. The molecule has 2 rings (SSSR count). The molecule has 15 heavy (non-hydrogen) atoms. The van der Waals surface area contributed by atoms with Gasteiger partial charge in [0.2, 0.25) is 0 Å². The van der Waals surface area contributed by atoms with E-state index in [0.29, 0.717) is 16.4 Å². The Morgan fingerprint density at radius 2 is 2.40 bits per heavy atom. The predicted octanol–water partition coefficient (Wildman–Crippen LogP) is 1.34. The molecule has 0 aromatic carbocycles. The number of carbonyl (C=O) groups is 1. The normalized spacial score (nSPS) is 9.87. The number of nitrogen functional groups attached to an aromatic ring is 1. The molecule has 76 valence electrons. The highest BCUT2D eigenvalue weighted by Gasteiger charge is 2.11. The van der Waals surface area contributed by atoms with E-state index in [9.17, 15) is 4.79 Å². The number of anilines is 1. The summed E-state index contributed by atoms with van der Waals surface area (Å²) in [6.07, 6.45) is 3.06. The lowest BCUT2D eigenvalue weighted by Gasteiger charge is -1.99. The molecule has 0 aliphatic carbocycles. The van der Waals surface area contributed by atoms with Crippen molar-refractivity contribution in [3.63, 3.8) is 0 Å². The van der Waals surface area contributed by atoms with E-state index in [-0.39, 0.29) is 0 Å². The van der Waals surface area contributed by atoms with Gasteiger partial charge >= 0.3 is 5.97 Å². The van der Waals surface area contributed by atoms with E-state index >= 15 is 0 Å². The van der Waals surface area contributed by atoms with Crippen molar-refractivity contribution in [2.45, 2.75) is 0 Å². The zero-order valence-electron chi connectivity index (χ0n) is 7.58. The van der Waals surface area contributed by atoms with Crippen molar-refractivity contribution in [3.8, 4) is 5.75 Å². The maximum Gasteiger partial charge on any atom is 0.355 e. The Morgan fingerprint density at radius 1 is 1.53 bits per heavy atom. The highest BCUT2D eigenvalue weighted by atomic mass is 32.1. The summed E-state index contributed by atoms with van der Waals surface area (Å²) in [4.78, 5) is 15.7. The van der Waals surface area contributed by atoms with E-state index in [0.717, 1.165) is 11.5 Å². The lowest BCUT2D eigenvalue weighted by molar-refractivity contribution is 0.0739. The van der Waals surface area contributed by atoms with Crippen molar-refractivity contribution >= 4 is 23.3 Å². The fourth-order valence-corrected chi connectivity index (χ4v) is 1.50. The van der Waals surface area contributed by atoms with Gasteiger partial charge < -0.3 is 10.5 Å². The molecule has 0 radical (unpaired) electrons. The van der Waals surface area contributed by atoms with Gasteiger partial charge in [0.1, 0.15) is 16.4 Å². The average molecular weight is 221 g/mol. The molecule has 0 unspecified atom stereocenters. The smallest absolute Gasteiger partial charge is 0.355 e. The first-order valence-corrected chi connectivity index (χ1v) is 4.87. The third-order valence-electron chi connectivity index (χ3n) is 1.57. The van der Waals surface area contributed by atoms with E-state index in [2.05, 4.69) is 9.36 Å². The van der Waals surface area contributed by atoms with Crippen LogP contribution in [0.25, 0.3) is 0 Å². The Labute approximate surface area is 89.7 Å². The molecule has 0 bridgehead atoms. The van der Waals surface area contributed by atoms with Crippen molar-refractivity contribution in [3.05, 3.63) is 35.5 Å². The second kappa shape index (κ2) is 4.05. The van der Waals surface area contributed by atoms with Crippen LogP contribution < -0.4 is 10.5 Å². The monoisotopic (exact) mass is 221 g/mol.